The van der Waals surface area contributed by atoms with Crippen LogP contribution in [0.5, 0.6) is 0 Å². The summed E-state index contributed by atoms with van der Waals surface area (Å²) in [5.41, 5.74) is 1.64. The van der Waals surface area contributed by atoms with E-state index in [1.54, 1.807) is 13.0 Å². The first-order valence-electron chi connectivity index (χ1n) is 9.64. The van der Waals surface area contributed by atoms with Crippen molar-refractivity contribution in [1.29, 1.82) is 0 Å². The van der Waals surface area contributed by atoms with E-state index in [2.05, 4.69) is 15.4 Å². The number of hydrogen-bond acceptors (Lipinski definition) is 7. The van der Waals surface area contributed by atoms with Crippen molar-refractivity contribution < 1.29 is 14.4 Å². The molecule has 0 radical (unpaired) electrons. The van der Waals surface area contributed by atoms with Crippen LogP contribution in [0.2, 0.25) is 0 Å². The average molecular weight is 398 g/mol. The zero-order valence-corrected chi connectivity index (χ0v) is 16.6. The summed E-state index contributed by atoms with van der Waals surface area (Å²) < 4.78 is 5.25. The first-order valence-corrected chi connectivity index (χ1v) is 10.5. The van der Waals surface area contributed by atoms with Crippen molar-refractivity contribution in [2.45, 2.75) is 45.1 Å². The molecule has 146 valence electrons. The lowest BCUT2D eigenvalue weighted by molar-refractivity contribution is 0.0913. The number of aliphatic hydroxyl groups excluding tert-OH is 1. The summed E-state index contributed by atoms with van der Waals surface area (Å²) in [7, 11) is 0. The quantitative estimate of drug-likeness (QED) is 0.564. The summed E-state index contributed by atoms with van der Waals surface area (Å²) in [4.78, 5) is 12.4. The molecule has 2 aromatic heterocycles. The maximum atomic E-state index is 12.4. The van der Waals surface area contributed by atoms with E-state index in [0.717, 1.165) is 36.3 Å². The van der Waals surface area contributed by atoms with Crippen molar-refractivity contribution >= 4 is 17.1 Å². The van der Waals surface area contributed by atoms with Crippen molar-refractivity contribution in [2.75, 3.05) is 0 Å². The summed E-state index contributed by atoms with van der Waals surface area (Å²) in [6, 6.07) is 11.4. The van der Waals surface area contributed by atoms with E-state index in [0.29, 0.717) is 34.7 Å². The smallest absolute Gasteiger partial charge is 0.203 e. The molecule has 6 nitrogen and oxygen atoms in total. The molecule has 1 fully saturated rings. The monoisotopic (exact) mass is 397 g/mol. The highest BCUT2D eigenvalue weighted by Crippen LogP contribution is 2.39. The van der Waals surface area contributed by atoms with Crippen LogP contribution in [0.25, 0.3) is 11.3 Å². The van der Waals surface area contributed by atoms with Gasteiger partial charge in [0.2, 0.25) is 11.5 Å². The second-order valence-corrected chi connectivity index (χ2v) is 8.62. The van der Waals surface area contributed by atoms with Crippen LogP contribution in [0.4, 0.5) is 0 Å². The Kier molecular flexibility index (Phi) is 5.64. The fourth-order valence-corrected chi connectivity index (χ4v) is 4.55. The Morgan fingerprint density at radius 1 is 1.25 bits per heavy atom. The van der Waals surface area contributed by atoms with Crippen LogP contribution in [0.1, 0.15) is 59.3 Å². The van der Waals surface area contributed by atoms with Crippen LogP contribution >= 0.6 is 11.3 Å². The SMILES string of the molecule is C[C@@H](O)c1nnc(C[C@H]2C[C@H](CCC(=O)c3cc(-c4ccccc4)no3)C2)s1. The lowest BCUT2D eigenvalue weighted by Gasteiger charge is -2.34. The van der Waals surface area contributed by atoms with Crippen molar-refractivity contribution in [3.8, 4) is 11.3 Å². The predicted octanol–water partition coefficient (Wildman–Crippen LogP) is 4.48. The number of carbonyl (C=O) groups excluding carboxylic acids is 1. The van der Waals surface area contributed by atoms with Gasteiger partial charge < -0.3 is 9.63 Å². The molecular weight excluding hydrogens is 374 g/mol. The van der Waals surface area contributed by atoms with E-state index >= 15 is 0 Å². The molecule has 0 spiro atoms. The van der Waals surface area contributed by atoms with Crippen LogP contribution < -0.4 is 0 Å². The Bertz CT molecular complexity index is 929. The van der Waals surface area contributed by atoms with E-state index in [4.69, 9.17) is 4.52 Å². The zero-order valence-electron chi connectivity index (χ0n) is 15.7. The third kappa shape index (κ3) is 4.36. The van der Waals surface area contributed by atoms with E-state index in [-0.39, 0.29) is 5.78 Å². The van der Waals surface area contributed by atoms with Crippen molar-refractivity contribution in [3.05, 3.63) is 52.2 Å². The number of benzene rings is 1. The Balaban J connectivity index is 1.22. The Labute approximate surface area is 167 Å². The molecule has 0 unspecified atom stereocenters. The second kappa shape index (κ2) is 8.32. The molecule has 0 amide bonds. The highest BCUT2D eigenvalue weighted by atomic mass is 32.1. The number of aliphatic hydroxyl groups is 1. The first kappa shape index (κ1) is 19.0. The number of hydrogen-bond donors (Lipinski definition) is 1. The highest BCUT2D eigenvalue weighted by Gasteiger charge is 2.30. The van der Waals surface area contributed by atoms with E-state index in [1.165, 1.54) is 11.3 Å². The average Bonchev–Trinajstić information content (AvgIpc) is 3.33. The molecule has 0 aliphatic heterocycles. The van der Waals surface area contributed by atoms with Crippen molar-refractivity contribution in [1.82, 2.24) is 15.4 Å². The molecule has 28 heavy (non-hydrogen) atoms. The summed E-state index contributed by atoms with van der Waals surface area (Å²) in [6.07, 6.45) is 3.96. The lowest BCUT2D eigenvalue weighted by atomic mass is 9.71. The van der Waals surface area contributed by atoms with Crippen LogP contribution in [-0.2, 0) is 6.42 Å². The lowest BCUT2D eigenvalue weighted by Crippen LogP contribution is -2.26. The fourth-order valence-electron chi connectivity index (χ4n) is 3.65. The molecule has 0 bridgehead atoms. The molecule has 1 aromatic carbocycles. The normalized spacial score (nSPS) is 19.9. The van der Waals surface area contributed by atoms with Gasteiger partial charge in [-0.05, 0) is 38.0 Å². The largest absolute Gasteiger partial charge is 0.386 e. The molecule has 1 saturated carbocycles. The third-order valence-electron chi connectivity index (χ3n) is 5.27. The van der Waals surface area contributed by atoms with Crippen LogP contribution in [0.3, 0.4) is 0 Å². The number of nitrogens with zero attached hydrogens (tertiary/aromatic N) is 3. The molecule has 1 aliphatic carbocycles. The topological polar surface area (TPSA) is 89.1 Å². The second-order valence-electron chi connectivity index (χ2n) is 7.52. The van der Waals surface area contributed by atoms with Gasteiger partial charge in [-0.2, -0.15) is 0 Å². The van der Waals surface area contributed by atoms with Gasteiger partial charge in [-0.25, -0.2) is 0 Å². The predicted molar refractivity (Wildman–Crippen MR) is 106 cm³/mol. The molecule has 1 N–H and O–H groups in total. The third-order valence-corrected chi connectivity index (χ3v) is 6.39. The minimum absolute atomic E-state index is 0.0174. The summed E-state index contributed by atoms with van der Waals surface area (Å²) >= 11 is 1.49. The Morgan fingerprint density at radius 3 is 2.75 bits per heavy atom. The minimum atomic E-state index is -0.551. The number of aromatic nitrogens is 3. The molecule has 1 aliphatic rings. The first-order chi connectivity index (χ1) is 13.6. The number of Topliss-reactive ketones (excluding diaryl/α,β-unsaturated/α-hetero) is 1. The maximum absolute atomic E-state index is 12.4. The van der Waals surface area contributed by atoms with Crippen LogP contribution in [0.15, 0.2) is 40.9 Å². The zero-order chi connectivity index (χ0) is 19.5. The van der Waals surface area contributed by atoms with Gasteiger partial charge in [0.25, 0.3) is 0 Å². The Morgan fingerprint density at radius 2 is 2.04 bits per heavy atom. The molecule has 3 aromatic rings. The molecule has 2 heterocycles. The van der Waals surface area contributed by atoms with E-state index < -0.39 is 6.10 Å². The number of ketones is 1. The maximum Gasteiger partial charge on any atom is 0.203 e. The molecule has 7 heteroatoms. The highest BCUT2D eigenvalue weighted by molar-refractivity contribution is 7.11. The van der Waals surface area contributed by atoms with Gasteiger partial charge >= 0.3 is 0 Å². The molecule has 0 saturated heterocycles. The number of rotatable bonds is 8. The molecule has 1 atom stereocenters. The van der Waals surface area contributed by atoms with Crippen molar-refractivity contribution in [2.24, 2.45) is 11.8 Å². The fraction of sp³-hybridized carbons (Fsp3) is 0.429. The minimum Gasteiger partial charge on any atom is -0.386 e. The van der Waals surface area contributed by atoms with E-state index in [1.807, 2.05) is 30.3 Å². The molecular formula is C21H23N3O3S. The Hall–Kier alpha value is -2.38. The van der Waals surface area contributed by atoms with E-state index in [9.17, 15) is 9.90 Å². The van der Waals surface area contributed by atoms with Gasteiger partial charge in [0.05, 0.1) is 0 Å². The summed E-state index contributed by atoms with van der Waals surface area (Å²) in [6.45, 7) is 1.71. The summed E-state index contributed by atoms with van der Waals surface area (Å²) in [5.74, 6) is 1.54. The van der Waals surface area contributed by atoms with Gasteiger partial charge in [0.1, 0.15) is 21.8 Å². The van der Waals surface area contributed by atoms with Gasteiger partial charge in [-0.15, -0.1) is 10.2 Å². The van der Waals surface area contributed by atoms with Gasteiger partial charge in [-0.3, -0.25) is 4.79 Å². The van der Waals surface area contributed by atoms with Gasteiger partial charge in [0.15, 0.2) is 0 Å². The van der Waals surface area contributed by atoms with Crippen LogP contribution in [0, 0.1) is 11.8 Å². The van der Waals surface area contributed by atoms with Gasteiger partial charge in [-0.1, -0.05) is 46.8 Å². The summed E-state index contributed by atoms with van der Waals surface area (Å²) in [5, 5.41) is 23.4. The van der Waals surface area contributed by atoms with Gasteiger partial charge in [0, 0.05) is 24.5 Å². The standard InChI is InChI=1S/C21H23N3O3S/c1-13(25)21-23-22-20(28-21)11-15-9-14(10-15)7-8-18(26)19-12-17(24-27-19)16-5-3-2-4-6-16/h2-6,12-15,25H,7-11H2,1H3/t13-,14-,15-/m1/s1. The van der Waals surface area contributed by atoms with Crippen molar-refractivity contribution in [3.63, 3.8) is 0 Å². The van der Waals surface area contributed by atoms with Crippen LogP contribution in [-0.4, -0.2) is 26.2 Å². The number of carbonyl (C=O) groups is 1. The molecule has 4 rings (SSSR count).